The SMILES string of the molecule is CC(C)(C)c1ccc(-n2c3ccccc3c3cc(C4(c5cccc(-c6ccc(-c7ccc8ccc9cccnc9c8n7)cc6)c5)c5ccccc5-c5ccccc54)ccc32)cc1. The summed E-state index contributed by atoms with van der Waals surface area (Å²) in [6.07, 6.45) is 1.84. The molecule has 8 aromatic carbocycles. The van der Waals surface area contributed by atoms with Gasteiger partial charge in [0.15, 0.2) is 0 Å². The van der Waals surface area contributed by atoms with Crippen LogP contribution in [-0.2, 0) is 10.8 Å². The third kappa shape index (κ3) is 5.44. The molecule has 3 heterocycles. The molecule has 0 fully saturated rings. The lowest BCUT2D eigenvalue weighted by atomic mass is 9.67. The van der Waals surface area contributed by atoms with Crippen LogP contribution < -0.4 is 0 Å². The van der Waals surface area contributed by atoms with E-state index in [9.17, 15) is 0 Å². The molecule has 1 aliphatic carbocycles. The van der Waals surface area contributed by atoms with Crippen LogP contribution >= 0.6 is 0 Å². The fraction of sp³-hybridized carbons (Fsp3) is 0.0847. The minimum atomic E-state index is -0.555. The molecular formula is C59H43N3. The normalized spacial score (nSPS) is 13.2. The van der Waals surface area contributed by atoms with Crippen LogP contribution in [0.3, 0.4) is 0 Å². The highest BCUT2D eigenvalue weighted by Crippen LogP contribution is 2.57. The number of para-hydroxylation sites is 1. The van der Waals surface area contributed by atoms with Gasteiger partial charge >= 0.3 is 0 Å². The van der Waals surface area contributed by atoms with Crippen molar-refractivity contribution < 1.29 is 0 Å². The molecule has 3 heteroatoms. The van der Waals surface area contributed by atoms with Crippen LogP contribution in [0, 0.1) is 0 Å². The lowest BCUT2D eigenvalue weighted by Gasteiger charge is -2.34. The quantitative estimate of drug-likeness (QED) is 0.163. The molecule has 294 valence electrons. The maximum atomic E-state index is 5.14. The van der Waals surface area contributed by atoms with Gasteiger partial charge < -0.3 is 4.57 Å². The van der Waals surface area contributed by atoms with E-state index in [1.807, 2.05) is 12.3 Å². The van der Waals surface area contributed by atoms with E-state index in [1.54, 1.807) is 0 Å². The van der Waals surface area contributed by atoms with Crippen molar-refractivity contribution in [3.05, 3.63) is 234 Å². The molecule has 0 radical (unpaired) electrons. The topological polar surface area (TPSA) is 30.7 Å². The second-order valence-corrected chi connectivity index (χ2v) is 17.8. The molecule has 3 nitrogen and oxygen atoms in total. The number of rotatable bonds is 5. The summed E-state index contributed by atoms with van der Waals surface area (Å²) in [6, 6.07) is 73.9. The number of nitrogens with zero attached hydrogens (tertiary/aromatic N) is 3. The summed E-state index contributed by atoms with van der Waals surface area (Å²) in [4.78, 5) is 9.82. The van der Waals surface area contributed by atoms with E-state index in [1.165, 1.54) is 72.0 Å². The summed E-state index contributed by atoms with van der Waals surface area (Å²) in [7, 11) is 0. The maximum Gasteiger partial charge on any atom is 0.0972 e. The Morgan fingerprint density at radius 3 is 1.85 bits per heavy atom. The molecule has 0 bridgehead atoms. The monoisotopic (exact) mass is 793 g/mol. The van der Waals surface area contributed by atoms with Gasteiger partial charge in [-0.05, 0) is 104 Å². The minimum Gasteiger partial charge on any atom is -0.309 e. The van der Waals surface area contributed by atoms with Crippen LogP contribution in [0.4, 0.5) is 0 Å². The van der Waals surface area contributed by atoms with Crippen molar-refractivity contribution in [1.29, 1.82) is 0 Å². The number of hydrogen-bond acceptors (Lipinski definition) is 2. The van der Waals surface area contributed by atoms with Crippen LogP contribution in [0.5, 0.6) is 0 Å². The molecule has 0 unspecified atom stereocenters. The number of benzene rings is 8. The van der Waals surface area contributed by atoms with E-state index in [-0.39, 0.29) is 5.41 Å². The molecule has 0 amide bonds. The van der Waals surface area contributed by atoms with Gasteiger partial charge in [0.2, 0.25) is 0 Å². The predicted molar refractivity (Wildman–Crippen MR) is 258 cm³/mol. The zero-order chi connectivity index (χ0) is 41.6. The van der Waals surface area contributed by atoms with Gasteiger partial charge in [0.1, 0.15) is 0 Å². The van der Waals surface area contributed by atoms with E-state index >= 15 is 0 Å². The van der Waals surface area contributed by atoms with Gasteiger partial charge in [-0.2, -0.15) is 0 Å². The van der Waals surface area contributed by atoms with Gasteiger partial charge in [0.25, 0.3) is 0 Å². The van der Waals surface area contributed by atoms with Crippen molar-refractivity contribution in [1.82, 2.24) is 14.5 Å². The Morgan fingerprint density at radius 1 is 0.452 bits per heavy atom. The Morgan fingerprint density at radius 2 is 1.10 bits per heavy atom. The van der Waals surface area contributed by atoms with Crippen molar-refractivity contribution in [3.63, 3.8) is 0 Å². The Bertz CT molecular complexity index is 3500. The van der Waals surface area contributed by atoms with E-state index < -0.39 is 5.41 Å². The highest BCUT2D eigenvalue weighted by Gasteiger charge is 2.46. The molecule has 3 aromatic heterocycles. The van der Waals surface area contributed by atoms with Crippen molar-refractivity contribution in [3.8, 4) is 39.2 Å². The van der Waals surface area contributed by atoms with Gasteiger partial charge in [-0.15, -0.1) is 0 Å². The van der Waals surface area contributed by atoms with Gasteiger partial charge in [-0.3, -0.25) is 4.98 Å². The molecule has 0 N–H and O–H groups in total. The van der Waals surface area contributed by atoms with Crippen molar-refractivity contribution in [2.75, 3.05) is 0 Å². The highest BCUT2D eigenvalue weighted by molar-refractivity contribution is 6.10. The first kappa shape index (κ1) is 36.2. The summed E-state index contributed by atoms with van der Waals surface area (Å²) in [5.74, 6) is 0. The lowest BCUT2D eigenvalue weighted by Crippen LogP contribution is -2.28. The lowest BCUT2D eigenvalue weighted by molar-refractivity contribution is 0.590. The summed E-state index contributed by atoms with van der Waals surface area (Å²) < 4.78 is 2.43. The van der Waals surface area contributed by atoms with E-state index in [4.69, 9.17) is 4.98 Å². The second-order valence-electron chi connectivity index (χ2n) is 17.8. The Hall–Kier alpha value is -7.62. The largest absolute Gasteiger partial charge is 0.309 e. The smallest absolute Gasteiger partial charge is 0.0972 e. The van der Waals surface area contributed by atoms with Crippen LogP contribution in [-0.4, -0.2) is 14.5 Å². The third-order valence-corrected chi connectivity index (χ3v) is 13.3. The van der Waals surface area contributed by atoms with Crippen LogP contribution in [0.15, 0.2) is 206 Å². The highest BCUT2D eigenvalue weighted by atomic mass is 15.0. The van der Waals surface area contributed by atoms with E-state index in [0.717, 1.165) is 38.6 Å². The molecule has 12 rings (SSSR count). The second kappa shape index (κ2) is 13.7. The van der Waals surface area contributed by atoms with Crippen LogP contribution in [0.1, 0.15) is 48.6 Å². The molecule has 0 atom stereocenters. The Kier molecular flexibility index (Phi) is 8.01. The minimum absolute atomic E-state index is 0.0840. The predicted octanol–water partition coefficient (Wildman–Crippen LogP) is 14.9. The molecule has 62 heavy (non-hydrogen) atoms. The fourth-order valence-corrected chi connectivity index (χ4v) is 10.3. The maximum absolute atomic E-state index is 5.14. The van der Waals surface area contributed by atoms with Gasteiger partial charge in [0.05, 0.1) is 33.2 Å². The molecular weight excluding hydrogens is 751 g/mol. The fourth-order valence-electron chi connectivity index (χ4n) is 10.3. The zero-order valence-electron chi connectivity index (χ0n) is 35.0. The van der Waals surface area contributed by atoms with Crippen molar-refractivity contribution in [2.45, 2.75) is 31.6 Å². The van der Waals surface area contributed by atoms with Crippen molar-refractivity contribution in [2.24, 2.45) is 0 Å². The van der Waals surface area contributed by atoms with Crippen molar-refractivity contribution >= 4 is 43.6 Å². The average molecular weight is 794 g/mol. The summed E-state index contributed by atoms with van der Waals surface area (Å²) in [6.45, 7) is 6.82. The first-order valence-electron chi connectivity index (χ1n) is 21.6. The first-order valence-corrected chi connectivity index (χ1v) is 21.6. The average Bonchev–Trinajstić information content (AvgIpc) is 3.82. The van der Waals surface area contributed by atoms with E-state index in [2.05, 4.69) is 224 Å². The van der Waals surface area contributed by atoms with Crippen LogP contribution in [0.25, 0.3) is 82.8 Å². The third-order valence-electron chi connectivity index (χ3n) is 13.3. The summed E-state index contributed by atoms with van der Waals surface area (Å²) in [5.41, 5.74) is 18.3. The Balaban J connectivity index is 1.02. The van der Waals surface area contributed by atoms with Gasteiger partial charge in [-0.1, -0.05) is 172 Å². The summed E-state index contributed by atoms with van der Waals surface area (Å²) >= 11 is 0. The van der Waals surface area contributed by atoms with Gasteiger partial charge in [0, 0.05) is 39.0 Å². The molecule has 11 aromatic rings. The molecule has 0 spiro atoms. The number of hydrogen-bond donors (Lipinski definition) is 0. The molecule has 0 saturated heterocycles. The Labute approximate surface area is 361 Å². The summed E-state index contributed by atoms with van der Waals surface area (Å²) in [5, 5.41) is 4.68. The van der Waals surface area contributed by atoms with E-state index in [0.29, 0.717) is 0 Å². The standard InChI is InChI=1S/C59H43N3/c1-58(2,3)43-28-31-46(32-29-43)62-54-20-9-6-17-49(54)50-37-45(30-34-55(50)62)59(51-18-7-4-15-47(51)48-16-5-8-19-52(48)59)44-14-10-12-42(36-44)38-21-23-39(24-22-38)53-33-27-41-26-25-40-13-11-35-60-56(40)57(41)61-53/h4-37H,1-3H3. The molecule has 0 aliphatic heterocycles. The molecule has 0 saturated carbocycles. The zero-order valence-corrected chi connectivity index (χ0v) is 35.0. The van der Waals surface area contributed by atoms with Gasteiger partial charge in [-0.25, -0.2) is 4.98 Å². The number of aromatic nitrogens is 3. The van der Waals surface area contributed by atoms with Crippen LogP contribution in [0.2, 0.25) is 0 Å². The molecule has 1 aliphatic rings. The number of pyridine rings is 2. The first-order chi connectivity index (χ1) is 30.4. The number of fused-ring (bicyclic) bond motifs is 9.